The third kappa shape index (κ3) is 5.64. The molecule has 2 N–H and O–H groups in total. The highest BCUT2D eigenvalue weighted by molar-refractivity contribution is 9.10. The van der Waals surface area contributed by atoms with Gasteiger partial charge >= 0.3 is 0 Å². The molecule has 0 fully saturated rings. The lowest BCUT2D eigenvalue weighted by Crippen LogP contribution is -2.32. The molecule has 0 aliphatic rings. The van der Waals surface area contributed by atoms with E-state index in [1.165, 1.54) is 0 Å². The van der Waals surface area contributed by atoms with Gasteiger partial charge in [-0.1, -0.05) is 55.8 Å². The molecule has 108 valence electrons. The van der Waals surface area contributed by atoms with Crippen LogP contribution in [0.2, 0.25) is 0 Å². The van der Waals surface area contributed by atoms with E-state index in [1.54, 1.807) is 0 Å². The molecule has 0 spiro atoms. The molecule has 1 atom stereocenters. The summed E-state index contributed by atoms with van der Waals surface area (Å²) in [5.74, 6) is 1.97. The number of halogens is 1. The third-order valence-electron chi connectivity index (χ3n) is 3.66. The van der Waals surface area contributed by atoms with E-state index in [-0.39, 0.29) is 0 Å². The van der Waals surface area contributed by atoms with Crippen LogP contribution in [0.25, 0.3) is 0 Å². The molecule has 0 bridgehead atoms. The Balaban J connectivity index is 2.44. The fraction of sp³-hybridized carbons (Fsp3) is 0.625. The van der Waals surface area contributed by atoms with Crippen LogP contribution in [-0.4, -0.2) is 18.2 Å². The van der Waals surface area contributed by atoms with Crippen molar-refractivity contribution in [3.63, 3.8) is 0 Å². The number of benzene rings is 1. The Morgan fingerprint density at radius 1 is 1.11 bits per heavy atom. The number of hydrogen-bond donors (Lipinski definition) is 2. The van der Waals surface area contributed by atoms with Gasteiger partial charge in [-0.2, -0.15) is 0 Å². The normalized spacial score (nSPS) is 13.5. The first-order chi connectivity index (χ1) is 8.91. The maximum absolute atomic E-state index is 10.2. The Morgan fingerprint density at radius 2 is 1.74 bits per heavy atom. The van der Waals surface area contributed by atoms with Crippen molar-refractivity contribution in [1.29, 1.82) is 0 Å². The molecule has 0 aliphatic heterocycles. The SMILES string of the molecule is CC(C)C(CNCC(O)c1cccc(Br)c1)C(C)C. The Labute approximate surface area is 125 Å². The highest BCUT2D eigenvalue weighted by Crippen LogP contribution is 2.20. The van der Waals surface area contributed by atoms with Gasteiger partial charge in [0.2, 0.25) is 0 Å². The minimum Gasteiger partial charge on any atom is -0.387 e. The fourth-order valence-electron chi connectivity index (χ4n) is 2.46. The highest BCUT2D eigenvalue weighted by Gasteiger charge is 2.17. The topological polar surface area (TPSA) is 32.3 Å². The van der Waals surface area contributed by atoms with Crippen LogP contribution < -0.4 is 5.32 Å². The number of aliphatic hydroxyl groups is 1. The van der Waals surface area contributed by atoms with Crippen molar-refractivity contribution >= 4 is 15.9 Å². The quantitative estimate of drug-likeness (QED) is 0.793. The first-order valence-corrected chi connectivity index (χ1v) is 7.85. The summed E-state index contributed by atoms with van der Waals surface area (Å²) in [6, 6.07) is 7.85. The van der Waals surface area contributed by atoms with E-state index < -0.39 is 6.10 Å². The monoisotopic (exact) mass is 327 g/mol. The van der Waals surface area contributed by atoms with Crippen molar-refractivity contribution < 1.29 is 5.11 Å². The third-order valence-corrected chi connectivity index (χ3v) is 4.16. The molecule has 1 aromatic carbocycles. The van der Waals surface area contributed by atoms with Crippen molar-refractivity contribution in [3.05, 3.63) is 34.3 Å². The van der Waals surface area contributed by atoms with Crippen molar-refractivity contribution in [2.24, 2.45) is 17.8 Å². The summed E-state index contributed by atoms with van der Waals surface area (Å²) in [7, 11) is 0. The van der Waals surface area contributed by atoms with Crippen molar-refractivity contribution in [2.75, 3.05) is 13.1 Å². The molecule has 0 saturated heterocycles. The van der Waals surface area contributed by atoms with Crippen molar-refractivity contribution in [2.45, 2.75) is 33.8 Å². The van der Waals surface area contributed by atoms with E-state index in [4.69, 9.17) is 0 Å². The van der Waals surface area contributed by atoms with Gasteiger partial charge in [-0.3, -0.25) is 0 Å². The molecule has 0 heterocycles. The van der Waals surface area contributed by atoms with Crippen LogP contribution in [0.4, 0.5) is 0 Å². The lowest BCUT2D eigenvalue weighted by Gasteiger charge is -2.25. The number of aliphatic hydroxyl groups excluding tert-OH is 1. The highest BCUT2D eigenvalue weighted by atomic mass is 79.9. The largest absolute Gasteiger partial charge is 0.387 e. The molecule has 19 heavy (non-hydrogen) atoms. The smallest absolute Gasteiger partial charge is 0.0914 e. The van der Waals surface area contributed by atoms with E-state index in [0.717, 1.165) is 16.6 Å². The van der Waals surface area contributed by atoms with Crippen LogP contribution in [0, 0.1) is 17.8 Å². The van der Waals surface area contributed by atoms with E-state index in [2.05, 4.69) is 48.9 Å². The predicted molar refractivity (Wildman–Crippen MR) is 85.1 cm³/mol. The Hall–Kier alpha value is -0.380. The minimum atomic E-state index is -0.447. The van der Waals surface area contributed by atoms with Gasteiger partial charge in [-0.25, -0.2) is 0 Å². The zero-order chi connectivity index (χ0) is 14.4. The molecule has 1 unspecified atom stereocenters. The molecule has 3 heteroatoms. The lowest BCUT2D eigenvalue weighted by atomic mass is 9.85. The minimum absolute atomic E-state index is 0.447. The zero-order valence-electron chi connectivity index (χ0n) is 12.4. The molecular formula is C16H26BrNO. The van der Waals surface area contributed by atoms with Gasteiger partial charge in [0, 0.05) is 11.0 Å². The Kier molecular flexibility index (Phi) is 7.05. The maximum atomic E-state index is 10.2. The van der Waals surface area contributed by atoms with Crippen LogP contribution in [0.3, 0.4) is 0 Å². The molecule has 0 radical (unpaired) electrons. The summed E-state index contributed by atoms with van der Waals surface area (Å²) in [5, 5.41) is 13.6. The molecule has 1 rings (SSSR count). The van der Waals surface area contributed by atoms with E-state index >= 15 is 0 Å². The zero-order valence-corrected chi connectivity index (χ0v) is 13.9. The molecular weight excluding hydrogens is 302 g/mol. The summed E-state index contributed by atoms with van der Waals surface area (Å²) in [6.45, 7) is 10.6. The van der Waals surface area contributed by atoms with Crippen LogP contribution in [0.5, 0.6) is 0 Å². The maximum Gasteiger partial charge on any atom is 0.0914 e. The summed E-state index contributed by atoms with van der Waals surface area (Å²) >= 11 is 3.43. The number of rotatable bonds is 7. The average molecular weight is 328 g/mol. The summed E-state index contributed by atoms with van der Waals surface area (Å²) in [6.07, 6.45) is -0.447. The van der Waals surface area contributed by atoms with Gasteiger partial charge in [0.05, 0.1) is 6.10 Å². The fourth-order valence-corrected chi connectivity index (χ4v) is 2.88. The van der Waals surface area contributed by atoms with Gasteiger partial charge in [0.25, 0.3) is 0 Å². The van der Waals surface area contributed by atoms with Crippen LogP contribution in [0.1, 0.15) is 39.4 Å². The van der Waals surface area contributed by atoms with Gasteiger partial charge in [-0.15, -0.1) is 0 Å². The molecule has 0 saturated carbocycles. The lowest BCUT2D eigenvalue weighted by molar-refractivity contribution is 0.166. The first kappa shape index (κ1) is 16.7. The van der Waals surface area contributed by atoms with Crippen molar-refractivity contribution in [1.82, 2.24) is 5.32 Å². The summed E-state index contributed by atoms with van der Waals surface area (Å²) in [5.41, 5.74) is 0.951. The Bertz CT molecular complexity index is 371. The predicted octanol–water partition coefficient (Wildman–Crippen LogP) is 4.00. The van der Waals surface area contributed by atoms with Crippen molar-refractivity contribution in [3.8, 4) is 0 Å². The van der Waals surface area contributed by atoms with E-state index in [0.29, 0.717) is 24.3 Å². The van der Waals surface area contributed by atoms with Gasteiger partial charge in [0.1, 0.15) is 0 Å². The standard InChI is InChI=1S/C16H26BrNO/c1-11(2)15(12(3)4)9-18-10-16(19)13-6-5-7-14(17)8-13/h5-8,11-12,15-16,18-19H,9-10H2,1-4H3. The molecule has 0 aromatic heterocycles. The second-order valence-electron chi connectivity index (χ2n) is 5.88. The number of hydrogen-bond acceptors (Lipinski definition) is 2. The molecule has 0 aliphatic carbocycles. The van der Waals surface area contributed by atoms with Crippen LogP contribution in [0.15, 0.2) is 28.7 Å². The van der Waals surface area contributed by atoms with Gasteiger partial charge in [-0.05, 0) is 42.0 Å². The Morgan fingerprint density at radius 3 is 2.26 bits per heavy atom. The van der Waals surface area contributed by atoms with Crippen LogP contribution in [-0.2, 0) is 0 Å². The van der Waals surface area contributed by atoms with Gasteiger partial charge < -0.3 is 10.4 Å². The first-order valence-electron chi connectivity index (χ1n) is 7.06. The average Bonchev–Trinajstić information content (AvgIpc) is 2.33. The second-order valence-corrected chi connectivity index (χ2v) is 6.80. The summed E-state index contributed by atoms with van der Waals surface area (Å²) in [4.78, 5) is 0. The molecule has 0 amide bonds. The second kappa shape index (κ2) is 8.03. The summed E-state index contributed by atoms with van der Waals surface area (Å²) < 4.78 is 1.01. The molecule has 2 nitrogen and oxygen atoms in total. The van der Waals surface area contributed by atoms with Crippen LogP contribution >= 0.6 is 15.9 Å². The van der Waals surface area contributed by atoms with E-state index in [9.17, 15) is 5.11 Å². The number of nitrogens with one attached hydrogen (secondary N) is 1. The van der Waals surface area contributed by atoms with Gasteiger partial charge in [0.15, 0.2) is 0 Å². The molecule has 1 aromatic rings. The van der Waals surface area contributed by atoms with E-state index in [1.807, 2.05) is 24.3 Å².